The van der Waals surface area contributed by atoms with Gasteiger partial charge >= 0.3 is 5.97 Å². The zero-order valence-corrected chi connectivity index (χ0v) is 16.0. The van der Waals surface area contributed by atoms with E-state index in [1.807, 2.05) is 9.80 Å². The predicted octanol–water partition coefficient (Wildman–Crippen LogP) is 1.83. The van der Waals surface area contributed by atoms with E-state index in [0.717, 1.165) is 25.8 Å². The van der Waals surface area contributed by atoms with E-state index >= 15 is 0 Å². The van der Waals surface area contributed by atoms with Crippen molar-refractivity contribution in [2.45, 2.75) is 25.3 Å². The smallest absolute Gasteiger partial charge is 0.317 e. The number of likely N-dealkylation sites (tertiary alicyclic amines) is 1. The maximum Gasteiger partial charge on any atom is 0.317 e. The van der Waals surface area contributed by atoms with Crippen molar-refractivity contribution in [3.05, 3.63) is 34.4 Å². The van der Waals surface area contributed by atoms with Crippen LogP contribution in [0.1, 0.15) is 19.3 Å². The molecule has 2 N–H and O–H groups in total. The summed E-state index contributed by atoms with van der Waals surface area (Å²) in [5.74, 6) is -1.14. The lowest BCUT2D eigenvalue weighted by Crippen LogP contribution is -2.37. The molecular weight excluding hydrogens is 376 g/mol. The molecule has 1 saturated heterocycles. The SMILES string of the molecule is CN(CC(=O)O)C1CCCN(CC(=O)Nc2ccccc2[N+](=O)[O-])CC1.Cl. The van der Waals surface area contributed by atoms with Gasteiger partial charge in [-0.1, -0.05) is 12.1 Å². The summed E-state index contributed by atoms with van der Waals surface area (Å²) in [5.41, 5.74) is 0.0588. The summed E-state index contributed by atoms with van der Waals surface area (Å²) in [6.07, 6.45) is 2.53. The molecule has 1 heterocycles. The molecule has 1 unspecified atom stereocenters. The zero-order valence-electron chi connectivity index (χ0n) is 15.2. The van der Waals surface area contributed by atoms with E-state index in [9.17, 15) is 19.7 Å². The summed E-state index contributed by atoms with van der Waals surface area (Å²) in [6, 6.07) is 6.22. The molecule has 10 heteroatoms. The summed E-state index contributed by atoms with van der Waals surface area (Å²) in [4.78, 5) is 37.4. The summed E-state index contributed by atoms with van der Waals surface area (Å²) in [7, 11) is 1.80. The van der Waals surface area contributed by atoms with Crippen LogP contribution in [0.25, 0.3) is 0 Å². The second kappa shape index (κ2) is 10.8. The van der Waals surface area contributed by atoms with Gasteiger partial charge in [0.25, 0.3) is 5.69 Å². The zero-order chi connectivity index (χ0) is 19.1. The van der Waals surface area contributed by atoms with Gasteiger partial charge in [0.2, 0.25) is 5.91 Å². The number of benzene rings is 1. The number of carboxylic acids is 1. The fraction of sp³-hybridized carbons (Fsp3) is 0.529. The third-order valence-electron chi connectivity index (χ3n) is 4.54. The first kappa shape index (κ1) is 22.8. The Morgan fingerprint density at radius 2 is 2.04 bits per heavy atom. The second-order valence-electron chi connectivity index (χ2n) is 6.49. The molecule has 2 rings (SSSR count). The number of para-hydroxylation sites is 2. The number of rotatable bonds is 7. The molecule has 1 atom stereocenters. The monoisotopic (exact) mass is 400 g/mol. The van der Waals surface area contributed by atoms with Crippen LogP contribution in [0, 0.1) is 10.1 Å². The molecule has 1 aromatic rings. The quantitative estimate of drug-likeness (QED) is 0.529. The third-order valence-corrected chi connectivity index (χ3v) is 4.54. The van der Waals surface area contributed by atoms with Crippen molar-refractivity contribution in [3.8, 4) is 0 Å². The van der Waals surface area contributed by atoms with Crippen molar-refractivity contribution in [1.29, 1.82) is 0 Å². The number of nitrogens with zero attached hydrogens (tertiary/aromatic N) is 3. The molecule has 27 heavy (non-hydrogen) atoms. The predicted molar refractivity (Wildman–Crippen MR) is 103 cm³/mol. The van der Waals surface area contributed by atoms with Crippen LogP contribution < -0.4 is 5.32 Å². The van der Waals surface area contributed by atoms with E-state index < -0.39 is 10.9 Å². The second-order valence-corrected chi connectivity index (χ2v) is 6.49. The molecule has 0 bridgehead atoms. The normalized spacial score (nSPS) is 17.6. The lowest BCUT2D eigenvalue weighted by molar-refractivity contribution is -0.383. The van der Waals surface area contributed by atoms with E-state index in [2.05, 4.69) is 5.32 Å². The fourth-order valence-electron chi connectivity index (χ4n) is 3.21. The molecule has 9 nitrogen and oxygen atoms in total. The summed E-state index contributed by atoms with van der Waals surface area (Å²) < 4.78 is 0. The molecule has 1 fully saturated rings. The van der Waals surface area contributed by atoms with E-state index in [1.165, 1.54) is 12.1 Å². The Kier molecular flexibility index (Phi) is 9.13. The number of carbonyl (C=O) groups is 2. The van der Waals surface area contributed by atoms with Crippen LogP contribution >= 0.6 is 12.4 Å². The standard InChI is InChI=1S/C17H24N4O5.ClH/c1-19(12-17(23)24)13-5-4-9-20(10-8-13)11-16(22)18-14-6-2-3-7-15(14)21(25)26;/h2-3,6-7,13H,4-5,8-12H2,1H3,(H,18,22)(H,23,24);1H. The van der Waals surface area contributed by atoms with Crippen LogP contribution in [0.3, 0.4) is 0 Å². The minimum absolute atomic E-state index is 0. The van der Waals surface area contributed by atoms with E-state index in [0.29, 0.717) is 6.54 Å². The molecular formula is C17H25ClN4O5. The summed E-state index contributed by atoms with van der Waals surface area (Å²) in [6.45, 7) is 1.57. The highest BCUT2D eigenvalue weighted by Crippen LogP contribution is 2.23. The van der Waals surface area contributed by atoms with Gasteiger partial charge in [0.05, 0.1) is 18.0 Å². The van der Waals surface area contributed by atoms with Crippen LogP contribution in [0.2, 0.25) is 0 Å². The number of anilines is 1. The molecule has 1 aliphatic rings. The highest BCUT2D eigenvalue weighted by molar-refractivity contribution is 5.94. The summed E-state index contributed by atoms with van der Waals surface area (Å²) >= 11 is 0. The number of amides is 1. The van der Waals surface area contributed by atoms with E-state index in [1.54, 1.807) is 19.2 Å². The van der Waals surface area contributed by atoms with Gasteiger partial charge in [-0.15, -0.1) is 12.4 Å². The van der Waals surface area contributed by atoms with Gasteiger partial charge in [-0.25, -0.2) is 0 Å². The number of nitro benzene ring substituents is 1. The molecule has 0 saturated carbocycles. The fourth-order valence-corrected chi connectivity index (χ4v) is 3.21. The van der Waals surface area contributed by atoms with Crippen LogP contribution in [-0.2, 0) is 9.59 Å². The van der Waals surface area contributed by atoms with Gasteiger partial charge in [0, 0.05) is 18.7 Å². The van der Waals surface area contributed by atoms with Crippen molar-refractivity contribution in [3.63, 3.8) is 0 Å². The number of nitrogens with one attached hydrogen (secondary N) is 1. The maximum absolute atomic E-state index is 12.3. The molecule has 0 spiro atoms. The molecule has 150 valence electrons. The highest BCUT2D eigenvalue weighted by Gasteiger charge is 2.23. The van der Waals surface area contributed by atoms with Crippen molar-refractivity contribution in [2.24, 2.45) is 0 Å². The van der Waals surface area contributed by atoms with Gasteiger partial charge in [0.15, 0.2) is 0 Å². The summed E-state index contributed by atoms with van der Waals surface area (Å²) in [5, 5.41) is 22.5. The number of halogens is 1. The third kappa shape index (κ3) is 7.12. The molecule has 1 amide bonds. The average molecular weight is 401 g/mol. The van der Waals surface area contributed by atoms with Gasteiger partial charge in [0.1, 0.15) is 5.69 Å². The number of likely N-dealkylation sites (N-methyl/N-ethyl adjacent to an activating group) is 1. The van der Waals surface area contributed by atoms with Crippen molar-refractivity contribution < 1.29 is 19.6 Å². The Morgan fingerprint density at radius 1 is 1.33 bits per heavy atom. The molecule has 0 radical (unpaired) electrons. The Bertz CT molecular complexity index is 672. The number of carbonyl (C=O) groups excluding carboxylic acids is 1. The number of carboxylic acid groups (broad SMARTS) is 1. The van der Waals surface area contributed by atoms with Crippen molar-refractivity contribution in [1.82, 2.24) is 9.80 Å². The maximum atomic E-state index is 12.3. The molecule has 1 aliphatic heterocycles. The Balaban J connectivity index is 0.00000364. The lowest BCUT2D eigenvalue weighted by atomic mass is 10.1. The van der Waals surface area contributed by atoms with Crippen LogP contribution in [-0.4, -0.2) is 71.0 Å². The van der Waals surface area contributed by atoms with Crippen LogP contribution in [0.15, 0.2) is 24.3 Å². The van der Waals surface area contributed by atoms with Crippen LogP contribution in [0.4, 0.5) is 11.4 Å². The highest BCUT2D eigenvalue weighted by atomic mass is 35.5. The molecule has 0 aromatic heterocycles. The van der Waals surface area contributed by atoms with Gasteiger partial charge in [-0.05, 0) is 38.9 Å². The number of hydrogen-bond donors (Lipinski definition) is 2. The Hall–Kier alpha value is -2.23. The van der Waals surface area contributed by atoms with Gasteiger partial charge in [-0.3, -0.25) is 29.5 Å². The first-order chi connectivity index (χ1) is 12.4. The van der Waals surface area contributed by atoms with E-state index in [-0.39, 0.29) is 48.8 Å². The average Bonchev–Trinajstić information content (AvgIpc) is 2.80. The number of nitro groups is 1. The molecule has 0 aliphatic carbocycles. The number of aliphatic carboxylic acids is 1. The van der Waals surface area contributed by atoms with Crippen LogP contribution in [0.5, 0.6) is 0 Å². The minimum Gasteiger partial charge on any atom is -0.480 e. The Labute approximate surface area is 163 Å². The van der Waals surface area contributed by atoms with E-state index in [4.69, 9.17) is 5.11 Å². The van der Waals surface area contributed by atoms with Crippen molar-refractivity contribution in [2.75, 3.05) is 38.5 Å². The number of hydrogen-bond acceptors (Lipinski definition) is 6. The Morgan fingerprint density at radius 3 is 2.70 bits per heavy atom. The lowest BCUT2D eigenvalue weighted by Gasteiger charge is -2.25. The van der Waals surface area contributed by atoms with Gasteiger partial charge in [-0.2, -0.15) is 0 Å². The first-order valence-electron chi connectivity index (χ1n) is 8.54. The van der Waals surface area contributed by atoms with Crippen molar-refractivity contribution >= 4 is 35.7 Å². The largest absolute Gasteiger partial charge is 0.480 e. The minimum atomic E-state index is -0.850. The topological polar surface area (TPSA) is 116 Å². The molecule has 1 aromatic carbocycles. The van der Waals surface area contributed by atoms with Gasteiger partial charge < -0.3 is 10.4 Å². The first-order valence-corrected chi connectivity index (χ1v) is 8.54.